The maximum Gasteiger partial charge on any atom is 0.425 e. The first kappa shape index (κ1) is 36.7. The number of carbonyl (C=O) groups is 2. The van der Waals surface area contributed by atoms with Crippen LogP contribution in [0.2, 0.25) is 0 Å². The number of ether oxygens (including phenoxy) is 2. The van der Waals surface area contributed by atoms with Crippen LogP contribution in [0.4, 0.5) is 19.7 Å². The van der Waals surface area contributed by atoms with Crippen LogP contribution in [-0.4, -0.2) is 39.4 Å². The number of hydrogen-bond donors (Lipinski definition) is 2. The number of nitrogen functional groups attached to an aromatic ring is 1. The van der Waals surface area contributed by atoms with Gasteiger partial charge in [0.2, 0.25) is 0 Å². The third kappa shape index (κ3) is 13.6. The van der Waals surface area contributed by atoms with Gasteiger partial charge in [-0.25, -0.2) is 14.0 Å². The Morgan fingerprint density at radius 3 is 1.95 bits per heavy atom. The van der Waals surface area contributed by atoms with Crippen molar-refractivity contribution < 1.29 is 23.5 Å². The average Bonchev–Trinajstić information content (AvgIpc) is 2.79. The van der Waals surface area contributed by atoms with Crippen LogP contribution in [0.15, 0.2) is 23.2 Å². The molecule has 0 bridgehead atoms. The van der Waals surface area contributed by atoms with Crippen LogP contribution in [0, 0.1) is 11.7 Å². The normalized spacial score (nSPS) is 14.4. The number of unbranched alkanes of at least 4 members (excludes halogenated alkanes) is 3. The summed E-state index contributed by atoms with van der Waals surface area (Å²) in [5.41, 5.74) is 4.93. The summed E-state index contributed by atoms with van der Waals surface area (Å²) >= 11 is 4.54. The van der Waals surface area contributed by atoms with E-state index in [0.29, 0.717) is 11.3 Å². The highest BCUT2D eigenvalue weighted by molar-refractivity contribution is 7.81. The molecule has 1 rings (SSSR count). The number of thiol groups is 1. The lowest BCUT2D eigenvalue weighted by Gasteiger charge is -2.31. The van der Waals surface area contributed by atoms with Crippen molar-refractivity contribution in [2.24, 2.45) is 10.9 Å². The number of amidine groups is 1. The van der Waals surface area contributed by atoms with Gasteiger partial charge in [-0.3, -0.25) is 4.99 Å². The van der Waals surface area contributed by atoms with Gasteiger partial charge in [0.25, 0.3) is 0 Å². The molecule has 0 fully saturated rings. The van der Waals surface area contributed by atoms with E-state index in [0.717, 1.165) is 37.0 Å². The van der Waals surface area contributed by atoms with E-state index >= 15 is 4.39 Å². The van der Waals surface area contributed by atoms with E-state index in [-0.39, 0.29) is 11.8 Å². The number of carbonyl (C=O) groups excluding carboxylic acids is 2. The van der Waals surface area contributed by atoms with Crippen molar-refractivity contribution >= 4 is 36.3 Å². The van der Waals surface area contributed by atoms with E-state index in [1.165, 1.54) is 12.1 Å². The highest BCUT2D eigenvalue weighted by Gasteiger charge is 2.37. The number of aliphatic imine (C=N–C) groups is 1. The zero-order valence-electron chi connectivity index (χ0n) is 25.9. The van der Waals surface area contributed by atoms with Gasteiger partial charge < -0.3 is 15.2 Å². The summed E-state index contributed by atoms with van der Waals surface area (Å²) < 4.78 is 26.1. The van der Waals surface area contributed by atoms with Crippen LogP contribution in [-0.2, 0) is 9.47 Å². The molecule has 1 aromatic carbocycles. The Balaban J connectivity index is 0.00000704. The molecular weight excluding hydrogens is 517 g/mol. The molecule has 0 aromatic heterocycles. The van der Waals surface area contributed by atoms with E-state index in [9.17, 15) is 9.59 Å². The zero-order valence-corrected chi connectivity index (χ0v) is 26.8. The molecule has 0 spiro atoms. The van der Waals surface area contributed by atoms with Gasteiger partial charge in [0, 0.05) is 11.3 Å². The fourth-order valence-electron chi connectivity index (χ4n) is 3.71. The highest BCUT2D eigenvalue weighted by atomic mass is 32.1. The highest BCUT2D eigenvalue weighted by Crippen LogP contribution is 2.34. The van der Waals surface area contributed by atoms with Gasteiger partial charge in [0.15, 0.2) is 0 Å². The first-order chi connectivity index (χ1) is 18.0. The molecule has 0 radical (unpaired) electrons. The standard InChI is InChI=1S/C28H46FN3O4S.C2H6/c1-10-11-12-13-14-18(2)23(21-17-20(30)15-16-22(21)29)31-24(19(3)37)32(25(33)35-27(4,5)6)26(34)36-28(7,8)9;1-2/h15-19,23,37H,10-14,30H2,1-9H3;1-2H3. The molecule has 3 atom stereocenters. The third-order valence-corrected chi connectivity index (χ3v) is 5.65. The molecular formula is C30H52FN3O4S. The number of amides is 2. The summed E-state index contributed by atoms with van der Waals surface area (Å²) in [4.78, 5) is 32.1. The van der Waals surface area contributed by atoms with E-state index in [1.54, 1.807) is 54.5 Å². The van der Waals surface area contributed by atoms with Gasteiger partial charge in [-0.1, -0.05) is 53.4 Å². The Morgan fingerprint density at radius 1 is 1.00 bits per heavy atom. The molecule has 7 nitrogen and oxygen atoms in total. The molecule has 0 aliphatic heterocycles. The lowest BCUT2D eigenvalue weighted by Crippen LogP contribution is -2.49. The minimum atomic E-state index is -0.941. The lowest BCUT2D eigenvalue weighted by atomic mass is 9.89. The number of hydrogen-bond acceptors (Lipinski definition) is 7. The second kappa shape index (κ2) is 16.7. The molecule has 39 heavy (non-hydrogen) atoms. The zero-order chi connectivity index (χ0) is 30.6. The Labute approximate surface area is 241 Å². The maximum atomic E-state index is 15.1. The van der Waals surface area contributed by atoms with Crippen molar-refractivity contribution in [3.05, 3.63) is 29.6 Å². The number of nitrogens with two attached hydrogens (primary N) is 1. The quantitative estimate of drug-likeness (QED) is 0.102. The van der Waals surface area contributed by atoms with E-state index < -0.39 is 40.5 Å². The van der Waals surface area contributed by atoms with Crippen LogP contribution in [0.5, 0.6) is 0 Å². The Hall–Kier alpha value is -2.29. The average molecular weight is 570 g/mol. The molecule has 1 aromatic rings. The predicted molar refractivity (Wildman–Crippen MR) is 163 cm³/mol. The molecule has 2 amide bonds. The maximum absolute atomic E-state index is 15.1. The minimum absolute atomic E-state index is 0.0130. The summed E-state index contributed by atoms with van der Waals surface area (Å²) in [6, 6.07) is 3.63. The number of anilines is 1. The lowest BCUT2D eigenvalue weighted by molar-refractivity contribution is 0.0143. The number of nitrogens with zero attached hydrogens (tertiary/aromatic N) is 2. The number of halogens is 1. The van der Waals surface area contributed by atoms with Gasteiger partial charge in [0.1, 0.15) is 22.9 Å². The minimum Gasteiger partial charge on any atom is -0.443 e. The fourth-order valence-corrected chi connectivity index (χ4v) is 3.90. The molecule has 0 saturated heterocycles. The second-order valence-corrected chi connectivity index (χ2v) is 12.3. The van der Waals surface area contributed by atoms with Crippen molar-refractivity contribution in [1.29, 1.82) is 0 Å². The molecule has 0 heterocycles. The SMILES string of the molecule is CC.CCCCCCC(C)C(N=C(C(C)S)N(C(=O)OC(C)(C)C)C(=O)OC(C)(C)C)c1cc(N)ccc1F. The topological polar surface area (TPSA) is 94.2 Å². The van der Waals surface area contributed by atoms with E-state index in [1.807, 2.05) is 20.8 Å². The third-order valence-electron chi connectivity index (χ3n) is 5.42. The summed E-state index contributed by atoms with van der Waals surface area (Å²) in [7, 11) is 0. The van der Waals surface area contributed by atoms with Gasteiger partial charge in [-0.05, 0) is 79.0 Å². The van der Waals surface area contributed by atoms with Crippen molar-refractivity contribution in [3.8, 4) is 0 Å². The van der Waals surface area contributed by atoms with Crippen molar-refractivity contribution in [2.45, 2.75) is 131 Å². The van der Waals surface area contributed by atoms with Gasteiger partial charge in [0.05, 0.1) is 11.3 Å². The molecule has 9 heteroatoms. The van der Waals surface area contributed by atoms with Gasteiger partial charge >= 0.3 is 12.2 Å². The van der Waals surface area contributed by atoms with Crippen LogP contribution < -0.4 is 5.73 Å². The summed E-state index contributed by atoms with van der Waals surface area (Å²) in [6.45, 7) is 20.0. The van der Waals surface area contributed by atoms with Crippen molar-refractivity contribution in [2.75, 3.05) is 5.73 Å². The smallest absolute Gasteiger partial charge is 0.425 e. The van der Waals surface area contributed by atoms with Crippen LogP contribution >= 0.6 is 12.6 Å². The second-order valence-electron chi connectivity index (χ2n) is 11.5. The summed E-state index contributed by atoms with van der Waals surface area (Å²) in [5.74, 6) is -0.566. The number of benzene rings is 1. The van der Waals surface area contributed by atoms with Gasteiger partial charge in [-0.15, -0.1) is 0 Å². The van der Waals surface area contributed by atoms with Crippen LogP contribution in [0.1, 0.15) is 120 Å². The molecule has 2 N–H and O–H groups in total. The predicted octanol–water partition coefficient (Wildman–Crippen LogP) is 8.97. The summed E-state index contributed by atoms with van der Waals surface area (Å²) in [5, 5.41) is -0.682. The largest absolute Gasteiger partial charge is 0.443 e. The molecule has 0 saturated carbocycles. The number of imide groups is 1. The first-order valence-corrected chi connectivity index (χ1v) is 14.5. The Bertz CT molecular complexity index is 911. The molecule has 0 aliphatic carbocycles. The summed E-state index contributed by atoms with van der Waals surface area (Å²) in [6.07, 6.45) is 3.09. The molecule has 3 unspecified atom stereocenters. The monoisotopic (exact) mass is 569 g/mol. The molecule has 224 valence electrons. The van der Waals surface area contributed by atoms with Crippen LogP contribution in [0.3, 0.4) is 0 Å². The van der Waals surface area contributed by atoms with Crippen molar-refractivity contribution in [3.63, 3.8) is 0 Å². The number of rotatable bonds is 9. The van der Waals surface area contributed by atoms with Crippen LogP contribution in [0.25, 0.3) is 0 Å². The van der Waals surface area contributed by atoms with E-state index in [2.05, 4.69) is 19.6 Å². The molecule has 0 aliphatic rings. The Kier molecular flexibility index (Phi) is 15.7. The first-order valence-electron chi connectivity index (χ1n) is 14.0. The van der Waals surface area contributed by atoms with Crippen molar-refractivity contribution in [1.82, 2.24) is 4.90 Å². The van der Waals surface area contributed by atoms with Gasteiger partial charge in [-0.2, -0.15) is 17.5 Å². The fraction of sp³-hybridized carbons (Fsp3) is 0.700. The van der Waals surface area contributed by atoms with E-state index in [4.69, 9.17) is 20.2 Å². The Morgan fingerprint density at radius 2 is 1.51 bits per heavy atom.